The first-order chi connectivity index (χ1) is 7.04. The highest BCUT2D eigenvalue weighted by Crippen LogP contribution is 2.18. The zero-order valence-electron chi connectivity index (χ0n) is 10.1. The van der Waals surface area contributed by atoms with Crippen molar-refractivity contribution in [3.05, 3.63) is 35.9 Å². The van der Waals surface area contributed by atoms with E-state index in [1.165, 1.54) is 5.56 Å². The van der Waals surface area contributed by atoms with Gasteiger partial charge in [-0.05, 0) is 33.4 Å². The van der Waals surface area contributed by atoms with Crippen LogP contribution in [0.15, 0.2) is 30.3 Å². The largest absolute Gasteiger partial charge is 0.323 e. The molecule has 2 N–H and O–H groups in total. The van der Waals surface area contributed by atoms with Crippen LogP contribution >= 0.6 is 0 Å². The summed E-state index contributed by atoms with van der Waals surface area (Å²) in [7, 11) is 2.12. The smallest absolute Gasteiger partial charge is 0.0450 e. The number of likely N-dealkylation sites (N-methyl/N-ethyl adjacent to an activating group) is 1. The SMILES string of the molecule is CC(C)N(C)[C@@H](C)[C@@H](N)c1ccccc1. The molecule has 0 fully saturated rings. The summed E-state index contributed by atoms with van der Waals surface area (Å²) in [6.07, 6.45) is 0. The van der Waals surface area contributed by atoms with E-state index < -0.39 is 0 Å². The summed E-state index contributed by atoms with van der Waals surface area (Å²) in [5, 5.41) is 0. The molecule has 0 unspecified atom stereocenters. The van der Waals surface area contributed by atoms with Gasteiger partial charge < -0.3 is 5.73 Å². The second-order valence-electron chi connectivity index (χ2n) is 4.44. The van der Waals surface area contributed by atoms with Crippen molar-refractivity contribution in [1.82, 2.24) is 4.90 Å². The Morgan fingerprint density at radius 3 is 2.07 bits per heavy atom. The second kappa shape index (κ2) is 5.29. The minimum absolute atomic E-state index is 0.0820. The van der Waals surface area contributed by atoms with Gasteiger partial charge in [0.15, 0.2) is 0 Å². The summed E-state index contributed by atoms with van der Waals surface area (Å²) in [5.74, 6) is 0. The van der Waals surface area contributed by atoms with Gasteiger partial charge in [0.2, 0.25) is 0 Å². The molecule has 2 nitrogen and oxygen atoms in total. The standard InChI is InChI=1S/C13H22N2/c1-10(2)15(4)11(3)13(14)12-8-6-5-7-9-12/h5-11,13H,14H2,1-4H3/t11-,13+/m0/s1. The Hall–Kier alpha value is -0.860. The van der Waals surface area contributed by atoms with Crippen molar-refractivity contribution in [3.8, 4) is 0 Å². The molecule has 0 aromatic heterocycles. The minimum Gasteiger partial charge on any atom is -0.323 e. The number of rotatable bonds is 4. The molecule has 0 aliphatic rings. The molecule has 0 amide bonds. The van der Waals surface area contributed by atoms with E-state index in [1.807, 2.05) is 18.2 Å². The van der Waals surface area contributed by atoms with E-state index in [0.29, 0.717) is 12.1 Å². The number of nitrogens with two attached hydrogens (primary N) is 1. The Bertz CT molecular complexity index is 282. The highest BCUT2D eigenvalue weighted by Gasteiger charge is 2.20. The molecule has 0 spiro atoms. The van der Waals surface area contributed by atoms with Gasteiger partial charge in [0.05, 0.1) is 0 Å². The van der Waals surface area contributed by atoms with E-state index >= 15 is 0 Å². The summed E-state index contributed by atoms with van der Waals surface area (Å²) in [4.78, 5) is 2.30. The zero-order chi connectivity index (χ0) is 11.4. The lowest BCUT2D eigenvalue weighted by Gasteiger charge is -2.32. The minimum atomic E-state index is 0.0820. The predicted molar refractivity (Wildman–Crippen MR) is 65.7 cm³/mol. The molecule has 2 heteroatoms. The first kappa shape index (κ1) is 12.2. The van der Waals surface area contributed by atoms with Gasteiger partial charge in [-0.3, -0.25) is 4.90 Å². The summed E-state index contributed by atoms with van der Waals surface area (Å²) in [5.41, 5.74) is 7.44. The molecule has 0 saturated carbocycles. The zero-order valence-corrected chi connectivity index (χ0v) is 10.1. The van der Waals surface area contributed by atoms with Gasteiger partial charge in [-0.15, -0.1) is 0 Å². The van der Waals surface area contributed by atoms with Gasteiger partial charge in [0.1, 0.15) is 0 Å². The third-order valence-corrected chi connectivity index (χ3v) is 3.16. The van der Waals surface area contributed by atoms with Crippen LogP contribution in [0.2, 0.25) is 0 Å². The molecule has 0 saturated heterocycles. The molecule has 1 aromatic rings. The van der Waals surface area contributed by atoms with Crippen molar-refractivity contribution in [2.45, 2.75) is 38.9 Å². The Morgan fingerprint density at radius 2 is 1.60 bits per heavy atom. The van der Waals surface area contributed by atoms with Crippen molar-refractivity contribution in [2.75, 3.05) is 7.05 Å². The molecular weight excluding hydrogens is 184 g/mol. The third-order valence-electron chi connectivity index (χ3n) is 3.16. The van der Waals surface area contributed by atoms with E-state index in [0.717, 1.165) is 0 Å². The maximum atomic E-state index is 6.24. The third kappa shape index (κ3) is 3.05. The second-order valence-corrected chi connectivity index (χ2v) is 4.44. The van der Waals surface area contributed by atoms with Crippen molar-refractivity contribution in [2.24, 2.45) is 5.73 Å². The van der Waals surface area contributed by atoms with Crippen LogP contribution in [0.4, 0.5) is 0 Å². The summed E-state index contributed by atoms with van der Waals surface area (Å²) >= 11 is 0. The highest BCUT2D eigenvalue weighted by molar-refractivity contribution is 5.19. The molecule has 1 rings (SSSR count). The first-order valence-electron chi connectivity index (χ1n) is 5.56. The normalized spacial score (nSPS) is 15.7. The van der Waals surface area contributed by atoms with Gasteiger partial charge in [-0.2, -0.15) is 0 Å². The topological polar surface area (TPSA) is 29.3 Å². The van der Waals surface area contributed by atoms with Crippen LogP contribution in [0.3, 0.4) is 0 Å². The Labute approximate surface area is 93.1 Å². The molecule has 1 aromatic carbocycles. The van der Waals surface area contributed by atoms with Crippen LogP contribution in [-0.4, -0.2) is 24.0 Å². The molecular formula is C13H22N2. The van der Waals surface area contributed by atoms with Gasteiger partial charge >= 0.3 is 0 Å². The summed E-state index contributed by atoms with van der Waals surface area (Å²) in [6, 6.07) is 11.2. The molecule has 0 radical (unpaired) electrons. The Morgan fingerprint density at radius 1 is 1.07 bits per heavy atom. The van der Waals surface area contributed by atoms with Crippen molar-refractivity contribution in [3.63, 3.8) is 0 Å². The van der Waals surface area contributed by atoms with Crippen LogP contribution in [-0.2, 0) is 0 Å². The van der Waals surface area contributed by atoms with Crippen molar-refractivity contribution in [1.29, 1.82) is 0 Å². The fourth-order valence-corrected chi connectivity index (χ4v) is 1.68. The van der Waals surface area contributed by atoms with E-state index in [-0.39, 0.29) is 6.04 Å². The molecule has 0 aliphatic heterocycles. The Kier molecular flexibility index (Phi) is 4.30. The number of nitrogens with zero attached hydrogens (tertiary/aromatic N) is 1. The molecule has 15 heavy (non-hydrogen) atoms. The molecule has 84 valence electrons. The number of benzene rings is 1. The van der Waals surface area contributed by atoms with E-state index in [2.05, 4.69) is 44.9 Å². The molecule has 2 atom stereocenters. The molecule has 0 aliphatic carbocycles. The lowest BCUT2D eigenvalue weighted by molar-refractivity contribution is 0.183. The van der Waals surface area contributed by atoms with E-state index in [9.17, 15) is 0 Å². The summed E-state index contributed by atoms with van der Waals surface area (Å²) in [6.45, 7) is 6.56. The summed E-state index contributed by atoms with van der Waals surface area (Å²) < 4.78 is 0. The van der Waals surface area contributed by atoms with Gasteiger partial charge in [-0.1, -0.05) is 30.3 Å². The maximum Gasteiger partial charge on any atom is 0.0450 e. The van der Waals surface area contributed by atoms with Crippen LogP contribution in [0.25, 0.3) is 0 Å². The average Bonchev–Trinajstić information content (AvgIpc) is 2.27. The quantitative estimate of drug-likeness (QED) is 0.819. The van der Waals surface area contributed by atoms with Gasteiger partial charge in [0.25, 0.3) is 0 Å². The highest BCUT2D eigenvalue weighted by atomic mass is 15.2. The van der Waals surface area contributed by atoms with E-state index in [4.69, 9.17) is 5.73 Å². The van der Waals surface area contributed by atoms with E-state index in [1.54, 1.807) is 0 Å². The van der Waals surface area contributed by atoms with Gasteiger partial charge in [0, 0.05) is 18.1 Å². The lowest BCUT2D eigenvalue weighted by Crippen LogP contribution is -2.41. The fraction of sp³-hybridized carbons (Fsp3) is 0.538. The predicted octanol–water partition coefficient (Wildman–Crippen LogP) is 2.42. The first-order valence-corrected chi connectivity index (χ1v) is 5.56. The van der Waals surface area contributed by atoms with Crippen LogP contribution in [0.5, 0.6) is 0 Å². The van der Waals surface area contributed by atoms with Crippen molar-refractivity contribution < 1.29 is 0 Å². The fourth-order valence-electron chi connectivity index (χ4n) is 1.68. The van der Waals surface area contributed by atoms with Crippen molar-refractivity contribution >= 4 is 0 Å². The van der Waals surface area contributed by atoms with Crippen LogP contribution in [0, 0.1) is 0 Å². The van der Waals surface area contributed by atoms with Crippen LogP contribution < -0.4 is 5.73 Å². The number of hydrogen-bond acceptors (Lipinski definition) is 2. The maximum absolute atomic E-state index is 6.24. The van der Waals surface area contributed by atoms with Crippen LogP contribution in [0.1, 0.15) is 32.4 Å². The number of hydrogen-bond donors (Lipinski definition) is 1. The Balaban J connectivity index is 2.73. The molecule has 0 heterocycles. The van der Waals surface area contributed by atoms with Gasteiger partial charge in [-0.25, -0.2) is 0 Å². The lowest BCUT2D eigenvalue weighted by atomic mass is 10.00. The molecule has 0 bridgehead atoms. The average molecular weight is 206 g/mol. The monoisotopic (exact) mass is 206 g/mol.